The Kier molecular flexibility index (Phi) is 1.67. The summed E-state index contributed by atoms with van der Waals surface area (Å²) >= 11 is 0. The van der Waals surface area contributed by atoms with Crippen LogP contribution in [-0.2, 0) is 0 Å². The zero-order valence-corrected chi connectivity index (χ0v) is 5.59. The molecule has 51 valence electrons. The summed E-state index contributed by atoms with van der Waals surface area (Å²) < 4.78 is 0. The van der Waals surface area contributed by atoms with Crippen molar-refractivity contribution in [3.05, 3.63) is 29.6 Å². The van der Waals surface area contributed by atoms with Gasteiger partial charge in [0.05, 0.1) is 5.56 Å². The molecule has 3 nitrogen and oxygen atoms in total. The fourth-order valence-corrected chi connectivity index (χ4v) is 0.564. The summed E-state index contributed by atoms with van der Waals surface area (Å²) in [5.74, 6) is -0.493. The standard InChI is InChI=1S/C7H7N2O/c1-5-2-3-6(4-9-5)7(8)10/h2-3H,1H3,(H2,8,10). The molecule has 0 unspecified atom stereocenters. The van der Waals surface area contributed by atoms with E-state index in [1.807, 2.05) is 6.92 Å². The SMILES string of the molecule is Cc1ccc(C(N)=O)[c]n1. The first-order valence-corrected chi connectivity index (χ1v) is 2.85. The average Bonchev–Trinajstić information content (AvgIpc) is 1.88. The smallest absolute Gasteiger partial charge is 0.250 e. The molecule has 0 saturated carbocycles. The number of hydrogen-bond acceptors (Lipinski definition) is 2. The molecular weight excluding hydrogens is 128 g/mol. The van der Waals surface area contributed by atoms with Gasteiger partial charge < -0.3 is 5.73 Å². The van der Waals surface area contributed by atoms with Gasteiger partial charge in [-0.25, -0.2) is 0 Å². The van der Waals surface area contributed by atoms with E-state index in [1.165, 1.54) is 0 Å². The normalized spacial score (nSPS) is 9.30. The molecule has 0 aliphatic heterocycles. The van der Waals surface area contributed by atoms with E-state index >= 15 is 0 Å². The minimum absolute atomic E-state index is 0.325. The molecule has 0 aliphatic carbocycles. The third-order valence-electron chi connectivity index (χ3n) is 1.11. The van der Waals surface area contributed by atoms with Crippen molar-refractivity contribution in [2.45, 2.75) is 6.92 Å². The molecule has 1 amide bonds. The number of nitrogens with two attached hydrogens (primary N) is 1. The van der Waals surface area contributed by atoms with E-state index in [0.29, 0.717) is 5.56 Å². The number of pyridine rings is 1. The van der Waals surface area contributed by atoms with Crippen LogP contribution in [0.5, 0.6) is 0 Å². The van der Waals surface area contributed by atoms with Crippen molar-refractivity contribution in [2.75, 3.05) is 0 Å². The molecule has 1 aromatic rings. The third-order valence-corrected chi connectivity index (χ3v) is 1.11. The first-order valence-electron chi connectivity index (χ1n) is 2.85. The van der Waals surface area contributed by atoms with E-state index in [-0.39, 0.29) is 0 Å². The fraction of sp³-hybridized carbons (Fsp3) is 0.143. The zero-order chi connectivity index (χ0) is 7.56. The van der Waals surface area contributed by atoms with Crippen LogP contribution in [0.3, 0.4) is 0 Å². The number of rotatable bonds is 1. The maximum Gasteiger partial charge on any atom is 0.250 e. The number of hydrogen-bond donors (Lipinski definition) is 1. The average molecular weight is 135 g/mol. The van der Waals surface area contributed by atoms with E-state index in [0.717, 1.165) is 5.69 Å². The predicted octanol–water partition coefficient (Wildman–Crippen LogP) is 0.289. The van der Waals surface area contributed by atoms with Crippen molar-refractivity contribution in [1.82, 2.24) is 4.98 Å². The second-order valence-electron chi connectivity index (χ2n) is 1.98. The van der Waals surface area contributed by atoms with E-state index in [9.17, 15) is 4.79 Å². The van der Waals surface area contributed by atoms with E-state index in [2.05, 4.69) is 11.2 Å². The topological polar surface area (TPSA) is 56.0 Å². The maximum atomic E-state index is 10.5. The van der Waals surface area contributed by atoms with Gasteiger partial charge >= 0.3 is 0 Å². The van der Waals surface area contributed by atoms with Gasteiger partial charge in [-0.3, -0.25) is 9.78 Å². The quantitative estimate of drug-likeness (QED) is 0.601. The van der Waals surface area contributed by atoms with Crippen molar-refractivity contribution in [3.8, 4) is 0 Å². The van der Waals surface area contributed by atoms with Gasteiger partial charge in [-0.2, -0.15) is 0 Å². The molecular formula is C7H7N2O. The molecule has 0 bridgehead atoms. The van der Waals surface area contributed by atoms with Crippen LogP contribution in [0.25, 0.3) is 0 Å². The van der Waals surface area contributed by atoms with Gasteiger partial charge in [0.15, 0.2) is 0 Å². The predicted molar refractivity (Wildman–Crippen MR) is 36.3 cm³/mol. The highest BCUT2D eigenvalue weighted by Gasteiger charge is 1.98. The summed E-state index contributed by atoms with van der Waals surface area (Å²) in [4.78, 5) is 14.2. The van der Waals surface area contributed by atoms with Crippen molar-refractivity contribution in [3.63, 3.8) is 0 Å². The molecule has 3 heteroatoms. The molecule has 0 saturated heterocycles. The Morgan fingerprint density at radius 2 is 2.40 bits per heavy atom. The Bertz CT molecular complexity index is 240. The highest BCUT2D eigenvalue weighted by atomic mass is 16.1. The molecule has 0 aliphatic rings. The molecule has 10 heavy (non-hydrogen) atoms. The fourth-order valence-electron chi connectivity index (χ4n) is 0.564. The monoisotopic (exact) mass is 135 g/mol. The van der Waals surface area contributed by atoms with Crippen LogP contribution in [0.4, 0.5) is 0 Å². The van der Waals surface area contributed by atoms with Crippen LogP contribution in [-0.4, -0.2) is 10.9 Å². The summed E-state index contributed by atoms with van der Waals surface area (Å²) in [6, 6.07) is 3.32. The number of aromatic nitrogens is 1. The summed E-state index contributed by atoms with van der Waals surface area (Å²) in [6.07, 6.45) is 2.51. The Balaban J connectivity index is 3.00. The van der Waals surface area contributed by atoms with E-state index in [1.54, 1.807) is 12.1 Å². The van der Waals surface area contributed by atoms with Crippen molar-refractivity contribution < 1.29 is 4.79 Å². The molecule has 1 radical (unpaired) electrons. The van der Waals surface area contributed by atoms with Gasteiger partial charge in [-0.15, -0.1) is 0 Å². The molecule has 1 rings (SSSR count). The van der Waals surface area contributed by atoms with Crippen LogP contribution in [0, 0.1) is 13.1 Å². The molecule has 0 spiro atoms. The highest BCUT2D eigenvalue weighted by Crippen LogP contribution is 1.95. The second kappa shape index (κ2) is 2.47. The number of amides is 1. The first-order chi connectivity index (χ1) is 4.70. The van der Waals surface area contributed by atoms with E-state index < -0.39 is 5.91 Å². The Morgan fingerprint density at radius 1 is 1.70 bits per heavy atom. The van der Waals surface area contributed by atoms with Gasteiger partial charge in [0.1, 0.15) is 6.20 Å². The minimum atomic E-state index is -0.493. The second-order valence-corrected chi connectivity index (χ2v) is 1.98. The third kappa shape index (κ3) is 1.31. The number of carbonyl (C=O) groups is 1. The van der Waals surface area contributed by atoms with Crippen LogP contribution in [0.15, 0.2) is 12.1 Å². The van der Waals surface area contributed by atoms with Gasteiger partial charge in [0.25, 0.3) is 5.91 Å². The van der Waals surface area contributed by atoms with Crippen molar-refractivity contribution in [2.24, 2.45) is 5.73 Å². The number of nitrogens with zero attached hydrogens (tertiary/aromatic N) is 1. The Hall–Kier alpha value is -1.38. The van der Waals surface area contributed by atoms with Gasteiger partial charge in [0.2, 0.25) is 0 Å². The molecule has 1 aromatic heterocycles. The Morgan fingerprint density at radius 3 is 2.80 bits per heavy atom. The number of carbonyl (C=O) groups excluding carboxylic acids is 1. The lowest BCUT2D eigenvalue weighted by molar-refractivity contribution is 0.0999. The van der Waals surface area contributed by atoms with E-state index in [4.69, 9.17) is 5.73 Å². The zero-order valence-electron chi connectivity index (χ0n) is 5.59. The summed E-state index contributed by atoms with van der Waals surface area (Å²) in [7, 11) is 0. The van der Waals surface area contributed by atoms with Gasteiger partial charge in [-0.05, 0) is 19.1 Å². The van der Waals surface area contributed by atoms with Crippen LogP contribution >= 0.6 is 0 Å². The first kappa shape index (κ1) is 6.74. The Labute approximate surface area is 58.9 Å². The van der Waals surface area contributed by atoms with Crippen LogP contribution < -0.4 is 5.73 Å². The van der Waals surface area contributed by atoms with Crippen LogP contribution in [0.1, 0.15) is 16.1 Å². The maximum absolute atomic E-state index is 10.5. The molecule has 2 N–H and O–H groups in total. The lowest BCUT2D eigenvalue weighted by atomic mass is 10.2. The molecule has 1 heterocycles. The van der Waals surface area contributed by atoms with Crippen LogP contribution in [0.2, 0.25) is 0 Å². The summed E-state index contributed by atoms with van der Waals surface area (Å²) in [6.45, 7) is 1.82. The lowest BCUT2D eigenvalue weighted by Gasteiger charge is -1.92. The lowest BCUT2D eigenvalue weighted by Crippen LogP contribution is -2.11. The number of primary amides is 1. The van der Waals surface area contributed by atoms with Gasteiger partial charge in [0, 0.05) is 5.69 Å². The molecule has 0 fully saturated rings. The van der Waals surface area contributed by atoms with Crippen molar-refractivity contribution in [1.29, 1.82) is 0 Å². The number of aryl methyl sites for hydroxylation is 1. The van der Waals surface area contributed by atoms with Gasteiger partial charge in [-0.1, -0.05) is 0 Å². The molecule has 0 atom stereocenters. The highest BCUT2D eigenvalue weighted by molar-refractivity contribution is 5.92. The summed E-state index contributed by atoms with van der Waals surface area (Å²) in [5.41, 5.74) is 6.10. The largest absolute Gasteiger partial charge is 0.366 e. The minimum Gasteiger partial charge on any atom is -0.366 e. The summed E-state index contributed by atoms with van der Waals surface area (Å²) in [5, 5.41) is 0. The molecule has 0 aromatic carbocycles. The van der Waals surface area contributed by atoms with Crippen molar-refractivity contribution >= 4 is 5.91 Å².